The molecule has 0 aromatic carbocycles. The lowest BCUT2D eigenvalue weighted by Gasteiger charge is -2.24. The van der Waals surface area contributed by atoms with E-state index in [1.54, 1.807) is 0 Å². The summed E-state index contributed by atoms with van der Waals surface area (Å²) in [4.78, 5) is 17.2. The molecule has 0 spiro atoms. The fourth-order valence-corrected chi connectivity index (χ4v) is 1.92. The van der Waals surface area contributed by atoms with Crippen molar-refractivity contribution in [2.45, 2.75) is 32.2 Å². The number of anilines is 2. The minimum atomic E-state index is -0.996. The molecule has 1 aromatic heterocycles. The highest BCUT2D eigenvalue weighted by atomic mass is 16.4. The van der Waals surface area contributed by atoms with Gasteiger partial charge in [0.1, 0.15) is 0 Å². The molecule has 0 amide bonds. The van der Waals surface area contributed by atoms with Gasteiger partial charge in [-0.15, -0.1) is 0 Å². The highest BCUT2D eigenvalue weighted by Crippen LogP contribution is 2.33. The first kappa shape index (κ1) is 11.7. The minimum Gasteiger partial charge on any atom is -0.478 e. The second kappa shape index (κ2) is 4.61. The molecule has 0 saturated heterocycles. The van der Waals surface area contributed by atoms with Crippen molar-refractivity contribution in [2.24, 2.45) is 0 Å². The van der Waals surface area contributed by atoms with Crippen LogP contribution in [0.3, 0.4) is 0 Å². The number of hydrogen-bond acceptors (Lipinski definition) is 4. The summed E-state index contributed by atoms with van der Waals surface area (Å²) in [6.45, 7) is 3.02. The maximum Gasteiger partial charge on any atom is 0.337 e. The topological polar surface area (TPSA) is 79.5 Å². The van der Waals surface area contributed by atoms with Crippen molar-refractivity contribution in [1.29, 1.82) is 0 Å². The molecule has 1 heterocycles. The van der Waals surface area contributed by atoms with E-state index in [1.165, 1.54) is 25.1 Å². The van der Waals surface area contributed by atoms with Gasteiger partial charge in [-0.3, -0.25) is 0 Å². The third-order valence-electron chi connectivity index (χ3n) is 2.87. The maximum absolute atomic E-state index is 10.8. The molecule has 3 N–H and O–H groups in total. The summed E-state index contributed by atoms with van der Waals surface area (Å²) >= 11 is 0. The molecule has 5 nitrogen and oxygen atoms in total. The number of aromatic nitrogens is 1. The lowest BCUT2D eigenvalue weighted by atomic mass is 10.2. The van der Waals surface area contributed by atoms with E-state index in [1.807, 2.05) is 0 Å². The fourth-order valence-electron chi connectivity index (χ4n) is 1.92. The van der Waals surface area contributed by atoms with Crippen molar-refractivity contribution >= 4 is 17.5 Å². The van der Waals surface area contributed by atoms with Crippen LogP contribution in [0.5, 0.6) is 0 Å². The molecule has 17 heavy (non-hydrogen) atoms. The van der Waals surface area contributed by atoms with Crippen LogP contribution in [0.25, 0.3) is 0 Å². The van der Waals surface area contributed by atoms with Gasteiger partial charge in [-0.1, -0.05) is 6.92 Å². The monoisotopic (exact) mass is 235 g/mol. The van der Waals surface area contributed by atoms with Gasteiger partial charge >= 0.3 is 5.97 Å². The van der Waals surface area contributed by atoms with Gasteiger partial charge in [0.2, 0.25) is 0 Å². The summed E-state index contributed by atoms with van der Waals surface area (Å²) in [5.41, 5.74) is 6.48. The zero-order chi connectivity index (χ0) is 12.4. The molecular weight excluding hydrogens is 218 g/mol. The Morgan fingerprint density at radius 3 is 2.82 bits per heavy atom. The molecule has 0 atom stereocenters. The Morgan fingerprint density at radius 2 is 2.35 bits per heavy atom. The molecule has 0 aliphatic heterocycles. The highest BCUT2D eigenvalue weighted by Gasteiger charge is 2.30. The molecule has 1 aliphatic rings. The minimum absolute atomic E-state index is 0.137. The number of nitrogens with two attached hydrogens (primary N) is 1. The Labute approximate surface area is 100 Å². The summed E-state index contributed by atoms with van der Waals surface area (Å²) in [7, 11) is 0. The maximum atomic E-state index is 10.8. The third-order valence-corrected chi connectivity index (χ3v) is 2.87. The molecule has 5 heteroatoms. The largest absolute Gasteiger partial charge is 0.478 e. The number of rotatable bonds is 5. The van der Waals surface area contributed by atoms with Crippen LogP contribution in [0, 0.1) is 0 Å². The van der Waals surface area contributed by atoms with E-state index < -0.39 is 5.97 Å². The zero-order valence-corrected chi connectivity index (χ0v) is 9.89. The van der Waals surface area contributed by atoms with Gasteiger partial charge in [-0.25, -0.2) is 9.78 Å². The molecule has 0 unspecified atom stereocenters. The van der Waals surface area contributed by atoms with Crippen molar-refractivity contribution in [3.8, 4) is 0 Å². The first-order chi connectivity index (χ1) is 8.13. The van der Waals surface area contributed by atoms with E-state index in [2.05, 4.69) is 16.8 Å². The van der Waals surface area contributed by atoms with Crippen molar-refractivity contribution < 1.29 is 9.90 Å². The lowest BCUT2D eigenvalue weighted by Crippen LogP contribution is -2.28. The van der Waals surface area contributed by atoms with Crippen LogP contribution in [0.15, 0.2) is 12.3 Å². The van der Waals surface area contributed by atoms with Gasteiger partial charge in [-0.2, -0.15) is 0 Å². The molecule has 0 bridgehead atoms. The van der Waals surface area contributed by atoms with Crippen LogP contribution < -0.4 is 10.6 Å². The number of pyridine rings is 1. The number of carboxylic acids is 1. The molecule has 92 valence electrons. The van der Waals surface area contributed by atoms with E-state index in [0.29, 0.717) is 11.7 Å². The second-order valence-electron chi connectivity index (χ2n) is 4.37. The predicted octanol–water partition coefficient (Wildman–Crippen LogP) is 1.74. The smallest absolute Gasteiger partial charge is 0.337 e. The van der Waals surface area contributed by atoms with Gasteiger partial charge in [0, 0.05) is 18.8 Å². The number of nitrogen functional groups attached to an aromatic ring is 1. The number of nitrogens with zero attached hydrogens (tertiary/aromatic N) is 2. The highest BCUT2D eigenvalue weighted by molar-refractivity contribution is 5.89. The van der Waals surface area contributed by atoms with E-state index in [-0.39, 0.29) is 5.56 Å². The van der Waals surface area contributed by atoms with Crippen molar-refractivity contribution in [1.82, 2.24) is 4.98 Å². The first-order valence-corrected chi connectivity index (χ1v) is 5.89. The Morgan fingerprint density at radius 1 is 1.65 bits per heavy atom. The van der Waals surface area contributed by atoms with Gasteiger partial charge in [0.25, 0.3) is 0 Å². The van der Waals surface area contributed by atoms with Crippen LogP contribution in [0.4, 0.5) is 11.5 Å². The number of carbonyl (C=O) groups is 1. The van der Waals surface area contributed by atoms with Crippen molar-refractivity contribution in [2.75, 3.05) is 17.2 Å². The van der Waals surface area contributed by atoms with Crippen LogP contribution in [0.2, 0.25) is 0 Å². The molecule has 1 aromatic rings. The molecule has 1 saturated carbocycles. The zero-order valence-electron chi connectivity index (χ0n) is 9.89. The SMILES string of the molecule is CCCN(c1ncc(C(=O)O)cc1N)C1CC1. The third kappa shape index (κ3) is 2.49. The number of aromatic carboxylic acids is 1. The average molecular weight is 235 g/mol. The quantitative estimate of drug-likeness (QED) is 0.812. The Balaban J connectivity index is 2.27. The molecule has 1 aliphatic carbocycles. The lowest BCUT2D eigenvalue weighted by molar-refractivity contribution is 0.0696. The van der Waals surface area contributed by atoms with Gasteiger partial charge < -0.3 is 15.7 Å². The summed E-state index contributed by atoms with van der Waals surface area (Å²) in [5, 5.41) is 8.85. The molecule has 0 radical (unpaired) electrons. The van der Waals surface area contributed by atoms with Crippen molar-refractivity contribution in [3.63, 3.8) is 0 Å². The summed E-state index contributed by atoms with van der Waals surface area (Å²) in [6, 6.07) is 2.01. The van der Waals surface area contributed by atoms with E-state index in [4.69, 9.17) is 10.8 Å². The number of carboxylic acid groups (broad SMARTS) is 1. The fraction of sp³-hybridized carbons (Fsp3) is 0.500. The molecule has 1 fully saturated rings. The normalized spacial score (nSPS) is 14.6. The van der Waals surface area contributed by atoms with E-state index in [9.17, 15) is 4.79 Å². The Kier molecular flexibility index (Phi) is 3.17. The predicted molar refractivity (Wildman–Crippen MR) is 66.3 cm³/mol. The first-order valence-electron chi connectivity index (χ1n) is 5.89. The van der Waals surface area contributed by atoms with Gasteiger partial charge in [-0.05, 0) is 25.3 Å². The van der Waals surface area contributed by atoms with Gasteiger partial charge in [0.15, 0.2) is 5.82 Å². The van der Waals surface area contributed by atoms with Gasteiger partial charge in [0.05, 0.1) is 11.3 Å². The molecular formula is C12H17N3O2. The standard InChI is InChI=1S/C12H17N3O2/c1-2-5-15(9-3-4-9)11-10(13)6-8(7-14-11)12(16)17/h6-7,9H,2-5,13H2,1H3,(H,16,17). The number of hydrogen-bond donors (Lipinski definition) is 2. The van der Waals surface area contributed by atoms with Crippen LogP contribution >= 0.6 is 0 Å². The van der Waals surface area contributed by atoms with E-state index >= 15 is 0 Å². The van der Waals surface area contributed by atoms with Crippen molar-refractivity contribution in [3.05, 3.63) is 17.8 Å². The summed E-state index contributed by atoms with van der Waals surface area (Å²) < 4.78 is 0. The summed E-state index contributed by atoms with van der Waals surface area (Å²) in [5.74, 6) is -0.274. The second-order valence-corrected chi connectivity index (χ2v) is 4.37. The summed E-state index contributed by atoms with van der Waals surface area (Å²) in [6.07, 6.45) is 4.74. The van der Waals surface area contributed by atoms with E-state index in [0.717, 1.165) is 18.8 Å². The Bertz CT molecular complexity index is 430. The van der Waals surface area contributed by atoms with Crippen LogP contribution in [0.1, 0.15) is 36.5 Å². The van der Waals surface area contributed by atoms with Crippen LogP contribution in [-0.2, 0) is 0 Å². The van der Waals surface area contributed by atoms with Crippen LogP contribution in [-0.4, -0.2) is 28.6 Å². The Hall–Kier alpha value is -1.78. The average Bonchev–Trinajstić information content (AvgIpc) is 3.10. The molecule has 2 rings (SSSR count).